The van der Waals surface area contributed by atoms with E-state index < -0.39 is 21.4 Å². The monoisotopic (exact) mass is 555 g/mol. The Labute approximate surface area is 205 Å². The summed E-state index contributed by atoms with van der Waals surface area (Å²) in [7, 11) is 0. The van der Waals surface area contributed by atoms with Crippen molar-refractivity contribution in [2.75, 3.05) is 0 Å². The molecule has 3 aromatic carbocycles. The van der Waals surface area contributed by atoms with Crippen LogP contribution in [-0.4, -0.2) is 37.8 Å². The maximum absolute atomic E-state index is 12.6. The van der Waals surface area contributed by atoms with Crippen LogP contribution in [0.5, 0.6) is 0 Å². The number of thioether (sulfide) groups is 1. The van der Waals surface area contributed by atoms with Crippen LogP contribution in [0.4, 0.5) is 4.79 Å². The zero-order valence-corrected chi connectivity index (χ0v) is 22.1. The minimum atomic E-state index is -2.56. The second-order valence-electron chi connectivity index (χ2n) is 8.79. The molecule has 3 aliphatic heterocycles. The van der Waals surface area contributed by atoms with Gasteiger partial charge in [0.2, 0.25) is 0 Å². The van der Waals surface area contributed by atoms with Crippen molar-refractivity contribution in [1.29, 1.82) is 0 Å². The molecule has 0 saturated carbocycles. The van der Waals surface area contributed by atoms with Gasteiger partial charge >= 0.3 is 206 Å². The Morgan fingerprint density at radius 2 is 1.70 bits per heavy atom. The molecule has 1 saturated heterocycles. The van der Waals surface area contributed by atoms with Crippen LogP contribution < -0.4 is 8.64 Å². The molecule has 6 rings (SSSR count). The van der Waals surface area contributed by atoms with E-state index in [1.807, 2.05) is 24.3 Å². The normalized spacial score (nSPS) is 21.3. The number of benzene rings is 3. The van der Waals surface area contributed by atoms with E-state index in [1.165, 1.54) is 35.1 Å². The third kappa shape index (κ3) is 3.88. The summed E-state index contributed by atoms with van der Waals surface area (Å²) in [5.41, 5.74) is 4.93. The summed E-state index contributed by atoms with van der Waals surface area (Å²) in [5, 5.41) is 2.01. The second kappa shape index (κ2) is 8.82. The van der Waals surface area contributed by atoms with E-state index in [2.05, 4.69) is 66.0 Å². The van der Waals surface area contributed by atoms with E-state index >= 15 is 0 Å². The van der Waals surface area contributed by atoms with Crippen LogP contribution in [0.3, 0.4) is 0 Å². The molecule has 4 bridgehead atoms. The molecule has 3 atom stereocenters. The fourth-order valence-electron chi connectivity index (χ4n) is 5.46. The number of amides is 2. The van der Waals surface area contributed by atoms with Crippen LogP contribution >= 0.6 is 11.8 Å². The number of nitrogens with one attached hydrogen (secondary N) is 1. The van der Waals surface area contributed by atoms with E-state index in [4.69, 9.17) is 4.74 Å². The van der Waals surface area contributed by atoms with Crippen molar-refractivity contribution in [2.45, 2.75) is 28.1 Å². The van der Waals surface area contributed by atoms with Crippen LogP contribution in [0, 0.1) is 0 Å². The van der Waals surface area contributed by atoms with Crippen LogP contribution in [0.1, 0.15) is 38.5 Å². The van der Waals surface area contributed by atoms with Gasteiger partial charge in [0.25, 0.3) is 0 Å². The molecule has 2 amide bonds. The summed E-state index contributed by atoms with van der Waals surface area (Å²) in [6, 6.07) is 27.2. The molecule has 3 aromatic rings. The van der Waals surface area contributed by atoms with E-state index in [-0.39, 0.29) is 26.2 Å². The summed E-state index contributed by atoms with van der Waals surface area (Å²) in [4.78, 5) is 24.6. The van der Waals surface area contributed by atoms with Gasteiger partial charge in [-0.15, -0.1) is 0 Å². The molecular formula is C27H22InNO3S. The Balaban J connectivity index is 1.30. The summed E-state index contributed by atoms with van der Waals surface area (Å²) >= 11 is -1.37. The van der Waals surface area contributed by atoms with Crippen molar-refractivity contribution in [3.05, 3.63) is 104 Å². The van der Waals surface area contributed by atoms with E-state index in [9.17, 15) is 9.59 Å². The Hall–Kier alpha value is -2.28. The van der Waals surface area contributed by atoms with Gasteiger partial charge in [-0.05, 0) is 0 Å². The van der Waals surface area contributed by atoms with Gasteiger partial charge in [0.15, 0.2) is 0 Å². The number of imide groups is 1. The van der Waals surface area contributed by atoms with E-state index in [0.717, 1.165) is 12.0 Å². The number of ether oxygens (including phenoxy) is 1. The minimum absolute atomic E-state index is 0.0416. The molecule has 1 N–H and O–H groups in total. The molecule has 0 radical (unpaired) electrons. The molecule has 4 nitrogen and oxygen atoms in total. The van der Waals surface area contributed by atoms with Crippen molar-refractivity contribution in [2.24, 2.45) is 0 Å². The number of hydrogen-bond acceptors (Lipinski definition) is 4. The average Bonchev–Trinajstić information content (AvgIpc) is 3.42. The maximum atomic E-state index is 12.6. The molecule has 6 heteroatoms. The Kier molecular flexibility index (Phi) is 5.68. The van der Waals surface area contributed by atoms with Gasteiger partial charge in [0, 0.05) is 0 Å². The Morgan fingerprint density at radius 1 is 0.939 bits per heavy atom. The van der Waals surface area contributed by atoms with Crippen molar-refractivity contribution in [3.63, 3.8) is 0 Å². The molecule has 0 aliphatic carbocycles. The molecule has 1 fully saturated rings. The second-order valence-corrected chi connectivity index (χ2v) is 18.6. The molecule has 3 unspecified atom stereocenters. The molecular weight excluding hydrogens is 533 g/mol. The standard InChI is InChI=1S/C27H22NO3S.In/c29-26-25(32-27(30)28-26)18-23-15-8-7-12-21(23)16-9-17-24(22-13-5-2-6-14-22)31-19-20-10-3-1-4-11-20;/h1-8,10-11,13-16,18,24-25H,17,19H2,(H,28,29,30);. The van der Waals surface area contributed by atoms with Gasteiger partial charge in [-0.25, -0.2) is 0 Å². The molecule has 162 valence electrons. The number of carbonyl (C=O) groups excluding carboxylic acids is 2. The Morgan fingerprint density at radius 3 is 2.39 bits per heavy atom. The first-order valence-electron chi connectivity index (χ1n) is 11.2. The molecule has 0 aromatic heterocycles. The predicted octanol–water partition coefficient (Wildman–Crippen LogP) is 4.66. The van der Waals surface area contributed by atoms with Gasteiger partial charge in [0.05, 0.1) is 0 Å². The third-order valence-corrected chi connectivity index (χ3v) is 19.7. The van der Waals surface area contributed by atoms with Gasteiger partial charge in [-0.3, -0.25) is 0 Å². The average molecular weight is 555 g/mol. The van der Waals surface area contributed by atoms with Crippen molar-refractivity contribution in [3.8, 4) is 0 Å². The van der Waals surface area contributed by atoms with E-state index in [0.29, 0.717) is 6.61 Å². The van der Waals surface area contributed by atoms with Crippen LogP contribution in [0.15, 0.2) is 82.2 Å². The number of hydrogen-bond donors (Lipinski definition) is 1. The Bertz CT molecular complexity index is 1260. The predicted molar refractivity (Wildman–Crippen MR) is 132 cm³/mol. The van der Waals surface area contributed by atoms with Crippen molar-refractivity contribution in [1.82, 2.24) is 5.32 Å². The van der Waals surface area contributed by atoms with Crippen molar-refractivity contribution < 1.29 is 14.3 Å². The van der Waals surface area contributed by atoms with Gasteiger partial charge in [-0.1, -0.05) is 0 Å². The van der Waals surface area contributed by atoms with Crippen LogP contribution in [0.2, 0.25) is 0 Å². The fourth-order valence-corrected chi connectivity index (χ4v) is 19.9. The SMILES string of the molecule is O=C1NC(=O)C([CH]2c3ccc[c]4c3C=[C](CC(OCc3ccccc3)c3ccccc3)[In]42)S1. The zero-order valence-electron chi connectivity index (χ0n) is 17.9. The van der Waals surface area contributed by atoms with Crippen LogP contribution in [0.25, 0.3) is 6.08 Å². The first-order valence-corrected chi connectivity index (χ1v) is 17.3. The van der Waals surface area contributed by atoms with Crippen LogP contribution in [-0.2, 0) is 16.1 Å². The fraction of sp³-hybridized carbons (Fsp3) is 0.185. The van der Waals surface area contributed by atoms with Gasteiger partial charge < -0.3 is 0 Å². The molecule has 0 spiro atoms. The van der Waals surface area contributed by atoms with Crippen molar-refractivity contribution >= 4 is 53.7 Å². The molecule has 3 aliphatic rings. The first kappa shape index (κ1) is 21.3. The number of rotatable bonds is 7. The quantitative estimate of drug-likeness (QED) is 0.461. The van der Waals surface area contributed by atoms with Gasteiger partial charge in [0.1, 0.15) is 0 Å². The summed E-state index contributed by atoms with van der Waals surface area (Å²) < 4.78 is 9.67. The third-order valence-electron chi connectivity index (χ3n) is 6.89. The molecule has 33 heavy (non-hydrogen) atoms. The summed E-state index contributed by atoms with van der Waals surface area (Å²) in [5.74, 6) is -0.119. The zero-order chi connectivity index (χ0) is 22.4. The summed E-state index contributed by atoms with van der Waals surface area (Å²) in [6.45, 7) is 0.560. The van der Waals surface area contributed by atoms with E-state index in [1.54, 1.807) is 0 Å². The van der Waals surface area contributed by atoms with Gasteiger partial charge in [-0.2, -0.15) is 0 Å². The first-order chi connectivity index (χ1) is 16.2. The molecule has 3 heterocycles. The number of carbonyl (C=O) groups is 2. The summed E-state index contributed by atoms with van der Waals surface area (Å²) in [6.07, 6.45) is 3.18. The topological polar surface area (TPSA) is 55.4 Å².